The molecule has 0 aromatic carbocycles. The van der Waals surface area contributed by atoms with Gasteiger partial charge in [-0.3, -0.25) is 4.79 Å². The Kier molecular flexibility index (Phi) is 6.71. The number of rotatable bonds is 7. The van der Waals surface area contributed by atoms with Gasteiger partial charge in [0.05, 0.1) is 30.6 Å². The minimum absolute atomic E-state index is 0.0986. The smallest absolute Gasteiger partial charge is 0.357 e. The lowest BCUT2D eigenvalue weighted by molar-refractivity contribution is -0.134. The number of nitrogens with zero attached hydrogens (tertiary/aromatic N) is 4. The first-order valence-corrected chi connectivity index (χ1v) is 10.1. The number of ether oxygens (including phenoxy) is 2. The van der Waals surface area contributed by atoms with Gasteiger partial charge < -0.3 is 14.4 Å². The summed E-state index contributed by atoms with van der Waals surface area (Å²) in [6.07, 6.45) is 4.91. The van der Waals surface area contributed by atoms with Gasteiger partial charge in [0, 0.05) is 24.3 Å². The number of aromatic nitrogens is 3. The van der Waals surface area contributed by atoms with Crippen molar-refractivity contribution in [3.05, 3.63) is 40.6 Å². The van der Waals surface area contributed by atoms with Crippen LogP contribution in [0.5, 0.6) is 0 Å². The van der Waals surface area contributed by atoms with Gasteiger partial charge in [0.25, 0.3) is 0 Å². The van der Waals surface area contributed by atoms with Crippen molar-refractivity contribution in [3.8, 4) is 10.8 Å². The molecule has 2 aromatic heterocycles. The molecule has 0 spiro atoms. The molecule has 0 radical (unpaired) electrons. The van der Waals surface area contributed by atoms with Gasteiger partial charge in [-0.25, -0.2) is 24.5 Å². The summed E-state index contributed by atoms with van der Waals surface area (Å²) in [5, 5.41) is 2.66. The normalized spacial score (nSPS) is 15.1. The van der Waals surface area contributed by atoms with Crippen LogP contribution in [0, 0.1) is 0 Å². The molecule has 0 unspecified atom stereocenters. The van der Waals surface area contributed by atoms with Gasteiger partial charge >= 0.3 is 11.9 Å². The Morgan fingerprint density at radius 2 is 2.11 bits per heavy atom. The molecule has 1 fully saturated rings. The molecule has 0 N–H and O–H groups in total. The quantitative estimate of drug-likeness (QED) is 0.375. The van der Waals surface area contributed by atoms with E-state index in [4.69, 9.17) is 4.74 Å². The number of hydrogen-bond donors (Lipinski definition) is 0. The molecular formula is C17H16N4O5S2. The number of methoxy groups -OCH3 is 1. The van der Waals surface area contributed by atoms with Crippen molar-refractivity contribution in [3.63, 3.8) is 0 Å². The molecule has 11 heteroatoms. The van der Waals surface area contributed by atoms with Crippen LogP contribution in [-0.4, -0.2) is 63.7 Å². The Hall–Kier alpha value is -2.79. The van der Waals surface area contributed by atoms with E-state index in [2.05, 4.69) is 19.7 Å². The second-order valence-corrected chi connectivity index (χ2v) is 7.29. The maximum atomic E-state index is 12.1. The molecule has 3 rings (SSSR count). The third kappa shape index (κ3) is 4.93. The van der Waals surface area contributed by atoms with Crippen molar-refractivity contribution in [1.82, 2.24) is 19.9 Å². The minimum atomic E-state index is -0.550. The van der Waals surface area contributed by atoms with E-state index in [9.17, 15) is 14.4 Å². The van der Waals surface area contributed by atoms with Gasteiger partial charge in [-0.15, -0.1) is 11.3 Å². The van der Waals surface area contributed by atoms with Crippen LogP contribution in [0.3, 0.4) is 0 Å². The van der Waals surface area contributed by atoms with Crippen molar-refractivity contribution < 1.29 is 23.9 Å². The highest BCUT2D eigenvalue weighted by Crippen LogP contribution is 2.28. The highest BCUT2D eigenvalue weighted by atomic mass is 32.2. The number of carbonyl (C=O) groups excluding carboxylic acids is 3. The molecule has 3 heterocycles. The lowest BCUT2D eigenvalue weighted by Crippen LogP contribution is -2.27. The van der Waals surface area contributed by atoms with Crippen LogP contribution in [0.2, 0.25) is 0 Å². The highest BCUT2D eigenvalue weighted by molar-refractivity contribution is 8.04. The Bertz CT molecular complexity index is 900. The first kappa shape index (κ1) is 20.0. The third-order valence-corrected chi connectivity index (χ3v) is 5.45. The second-order valence-electron chi connectivity index (χ2n) is 5.44. The van der Waals surface area contributed by atoms with Gasteiger partial charge in [0.2, 0.25) is 5.91 Å². The fraction of sp³-hybridized carbons (Fsp3) is 0.294. The Morgan fingerprint density at radius 1 is 1.32 bits per heavy atom. The monoisotopic (exact) mass is 420 g/mol. The average Bonchev–Trinajstić information content (AvgIpc) is 3.34. The molecule has 2 aromatic rings. The summed E-state index contributed by atoms with van der Waals surface area (Å²) in [4.78, 5) is 49.3. The zero-order chi connectivity index (χ0) is 19.9. The number of thioether (sulfide) groups is 1. The number of esters is 2. The van der Waals surface area contributed by atoms with Crippen LogP contribution >= 0.6 is 23.1 Å². The Morgan fingerprint density at radius 3 is 2.86 bits per heavy atom. The fourth-order valence-electron chi connectivity index (χ4n) is 2.27. The molecule has 0 aliphatic carbocycles. The summed E-state index contributed by atoms with van der Waals surface area (Å²) in [7, 11) is 1.28. The van der Waals surface area contributed by atoms with Crippen molar-refractivity contribution in [2.45, 2.75) is 6.42 Å². The second kappa shape index (κ2) is 9.42. The number of thiazole rings is 1. The lowest BCUT2D eigenvalue weighted by atomic mass is 10.4. The van der Waals surface area contributed by atoms with Crippen molar-refractivity contribution in [2.24, 2.45) is 0 Å². The van der Waals surface area contributed by atoms with E-state index in [-0.39, 0.29) is 24.0 Å². The molecule has 1 aliphatic heterocycles. The van der Waals surface area contributed by atoms with Crippen LogP contribution in [0.25, 0.3) is 10.8 Å². The molecule has 28 heavy (non-hydrogen) atoms. The zero-order valence-electron chi connectivity index (χ0n) is 14.9. The Labute approximate surface area is 168 Å². The predicted octanol–water partition coefficient (Wildman–Crippen LogP) is 1.74. The summed E-state index contributed by atoms with van der Waals surface area (Å²) in [6, 6.07) is 1.70. The van der Waals surface area contributed by atoms with Gasteiger partial charge in [0.15, 0.2) is 16.5 Å². The van der Waals surface area contributed by atoms with Crippen LogP contribution in [-0.2, 0) is 19.1 Å². The summed E-state index contributed by atoms with van der Waals surface area (Å²) >= 11 is 2.53. The van der Waals surface area contributed by atoms with Crippen molar-refractivity contribution in [2.75, 3.05) is 26.0 Å². The SMILES string of the molecule is COC(=O)/C=C1/SCC(=O)N1CCCOC(=O)c1csc(-c2ncccn2)n1. The van der Waals surface area contributed by atoms with Crippen molar-refractivity contribution in [1.29, 1.82) is 0 Å². The highest BCUT2D eigenvalue weighted by Gasteiger charge is 2.27. The topological polar surface area (TPSA) is 112 Å². The van der Waals surface area contributed by atoms with Gasteiger partial charge in [-0.05, 0) is 12.5 Å². The molecule has 146 valence electrons. The molecule has 1 aliphatic rings. The van der Waals surface area contributed by atoms with Gasteiger partial charge in [-0.2, -0.15) is 0 Å². The van der Waals surface area contributed by atoms with Crippen LogP contribution in [0.4, 0.5) is 0 Å². The largest absolute Gasteiger partial charge is 0.466 e. The van der Waals surface area contributed by atoms with E-state index < -0.39 is 11.9 Å². The maximum absolute atomic E-state index is 12.1. The minimum Gasteiger partial charge on any atom is -0.466 e. The molecule has 9 nitrogen and oxygen atoms in total. The van der Waals surface area contributed by atoms with E-state index in [1.165, 1.54) is 41.2 Å². The summed E-state index contributed by atoms with van der Waals surface area (Å²) in [6.45, 7) is 0.454. The first-order chi connectivity index (χ1) is 13.6. The molecule has 0 bridgehead atoms. The molecule has 0 saturated carbocycles. The molecule has 1 saturated heterocycles. The van der Waals surface area contributed by atoms with Gasteiger partial charge in [0.1, 0.15) is 0 Å². The summed E-state index contributed by atoms with van der Waals surface area (Å²) in [5.74, 6) is -0.451. The Balaban J connectivity index is 1.49. The van der Waals surface area contributed by atoms with E-state index in [1.807, 2.05) is 0 Å². The summed E-state index contributed by atoms with van der Waals surface area (Å²) in [5.41, 5.74) is 0.187. The molecule has 0 atom stereocenters. The first-order valence-electron chi connectivity index (χ1n) is 8.21. The summed E-state index contributed by atoms with van der Waals surface area (Å²) < 4.78 is 9.80. The van der Waals surface area contributed by atoms with Gasteiger partial charge in [-0.1, -0.05) is 11.8 Å². The van der Waals surface area contributed by atoms with E-state index >= 15 is 0 Å². The van der Waals surface area contributed by atoms with E-state index in [0.29, 0.717) is 28.8 Å². The van der Waals surface area contributed by atoms with Crippen LogP contribution < -0.4 is 0 Å². The third-order valence-electron chi connectivity index (χ3n) is 3.58. The number of hydrogen-bond acceptors (Lipinski definition) is 10. The fourth-order valence-corrected chi connectivity index (χ4v) is 3.96. The lowest BCUT2D eigenvalue weighted by Gasteiger charge is -2.16. The zero-order valence-corrected chi connectivity index (χ0v) is 16.5. The number of amides is 1. The van der Waals surface area contributed by atoms with Crippen molar-refractivity contribution >= 4 is 40.9 Å². The molecular weight excluding hydrogens is 404 g/mol. The van der Waals surface area contributed by atoms with E-state index in [0.717, 1.165) is 0 Å². The van der Waals surface area contributed by atoms with Crippen LogP contribution in [0.15, 0.2) is 34.9 Å². The average molecular weight is 420 g/mol. The maximum Gasteiger partial charge on any atom is 0.357 e. The molecule has 1 amide bonds. The predicted molar refractivity (Wildman–Crippen MR) is 102 cm³/mol. The number of carbonyl (C=O) groups is 3. The van der Waals surface area contributed by atoms with E-state index in [1.54, 1.807) is 23.8 Å². The standard InChI is InChI=1S/C17H16N4O5S2/c1-25-14(23)8-13-21(12(22)10-27-13)6-3-7-26-17(24)11-9-28-16(20-11)15-18-4-2-5-19-15/h2,4-5,8-9H,3,6-7,10H2,1H3/b13-8+. The van der Waals surface area contributed by atoms with Crippen LogP contribution in [0.1, 0.15) is 16.9 Å².